The van der Waals surface area contributed by atoms with Crippen LogP contribution >= 0.6 is 0 Å². The summed E-state index contributed by atoms with van der Waals surface area (Å²) >= 11 is 0. The van der Waals surface area contributed by atoms with Crippen LogP contribution in [0.3, 0.4) is 0 Å². The van der Waals surface area contributed by atoms with Gasteiger partial charge in [0.15, 0.2) is 0 Å². The molecular formula is C7H12N2O2. The number of hydrogen-bond acceptors (Lipinski definition) is 3. The maximum absolute atomic E-state index is 11.2. The number of carbonyl (C=O) groups excluding carboxylic acids is 2. The Labute approximate surface area is 65.6 Å². The Bertz CT molecular complexity index is 191. The lowest BCUT2D eigenvalue weighted by molar-refractivity contribution is -0.146. The Kier molecular flexibility index (Phi) is 2.24. The Morgan fingerprint density at radius 1 is 1.73 bits per heavy atom. The molecule has 11 heavy (non-hydrogen) atoms. The van der Waals surface area contributed by atoms with Crippen molar-refractivity contribution in [2.75, 3.05) is 13.1 Å². The number of piperazine rings is 1. The molecule has 1 aliphatic rings. The van der Waals surface area contributed by atoms with E-state index >= 15 is 0 Å². The highest BCUT2D eigenvalue weighted by atomic mass is 16.2. The van der Waals surface area contributed by atoms with Gasteiger partial charge in [0.1, 0.15) is 0 Å². The highest BCUT2D eigenvalue weighted by molar-refractivity contribution is 5.97. The molecule has 0 radical (unpaired) electrons. The van der Waals surface area contributed by atoms with E-state index < -0.39 is 0 Å². The third-order valence-electron chi connectivity index (χ3n) is 1.80. The van der Waals surface area contributed by atoms with Gasteiger partial charge in [-0.15, -0.1) is 0 Å². The fraction of sp³-hybridized carbons (Fsp3) is 0.714. The molecule has 0 spiro atoms. The molecule has 1 atom stereocenters. The maximum Gasteiger partial charge on any atom is 0.246 e. The molecule has 1 fully saturated rings. The highest BCUT2D eigenvalue weighted by Gasteiger charge is 2.26. The van der Waals surface area contributed by atoms with Crippen LogP contribution < -0.4 is 5.32 Å². The number of imide groups is 1. The fourth-order valence-electron chi connectivity index (χ4n) is 1.14. The second-order valence-corrected chi connectivity index (χ2v) is 2.68. The van der Waals surface area contributed by atoms with Crippen LogP contribution in [-0.2, 0) is 9.59 Å². The van der Waals surface area contributed by atoms with Gasteiger partial charge in [-0.05, 0) is 6.92 Å². The highest BCUT2D eigenvalue weighted by Crippen LogP contribution is 2.00. The largest absolute Gasteiger partial charge is 0.304 e. The first-order valence-corrected chi connectivity index (χ1v) is 3.68. The van der Waals surface area contributed by atoms with Gasteiger partial charge in [0.25, 0.3) is 0 Å². The predicted molar refractivity (Wildman–Crippen MR) is 39.9 cm³/mol. The van der Waals surface area contributed by atoms with Crippen LogP contribution in [0.15, 0.2) is 0 Å². The van der Waals surface area contributed by atoms with Crippen molar-refractivity contribution in [1.29, 1.82) is 0 Å². The summed E-state index contributed by atoms with van der Waals surface area (Å²) in [5.74, 6) is -0.285. The zero-order valence-corrected chi connectivity index (χ0v) is 6.76. The maximum atomic E-state index is 11.2. The molecule has 1 N–H and O–H groups in total. The average molecular weight is 156 g/mol. The Hall–Kier alpha value is -0.900. The minimum Gasteiger partial charge on any atom is -0.304 e. The Morgan fingerprint density at radius 3 is 2.82 bits per heavy atom. The summed E-state index contributed by atoms with van der Waals surface area (Å²) in [6, 6.07) is -0.215. The van der Waals surface area contributed by atoms with Gasteiger partial charge in [0.05, 0.1) is 6.04 Å². The van der Waals surface area contributed by atoms with Gasteiger partial charge in [-0.2, -0.15) is 0 Å². The van der Waals surface area contributed by atoms with Gasteiger partial charge in [-0.1, -0.05) is 0 Å². The lowest BCUT2D eigenvalue weighted by Gasteiger charge is -2.28. The van der Waals surface area contributed by atoms with E-state index in [1.54, 1.807) is 6.92 Å². The van der Waals surface area contributed by atoms with Crippen molar-refractivity contribution in [3.63, 3.8) is 0 Å². The van der Waals surface area contributed by atoms with Gasteiger partial charge in [0.2, 0.25) is 11.8 Å². The number of hydrogen-bond donors (Lipinski definition) is 1. The number of nitrogens with one attached hydrogen (secondary N) is 1. The lowest BCUT2D eigenvalue weighted by Crippen LogP contribution is -2.55. The molecule has 4 heteroatoms. The Balaban J connectivity index is 2.66. The van der Waals surface area contributed by atoms with E-state index in [1.807, 2.05) is 0 Å². The van der Waals surface area contributed by atoms with Gasteiger partial charge in [0, 0.05) is 20.0 Å². The molecule has 0 aliphatic carbocycles. The molecule has 0 aromatic heterocycles. The van der Waals surface area contributed by atoms with Crippen molar-refractivity contribution in [2.24, 2.45) is 0 Å². The third-order valence-corrected chi connectivity index (χ3v) is 1.80. The topological polar surface area (TPSA) is 49.4 Å². The van der Waals surface area contributed by atoms with Crippen molar-refractivity contribution in [3.05, 3.63) is 0 Å². The first-order valence-electron chi connectivity index (χ1n) is 3.68. The lowest BCUT2D eigenvalue weighted by atomic mass is 10.2. The van der Waals surface area contributed by atoms with Crippen molar-refractivity contribution in [1.82, 2.24) is 10.2 Å². The molecule has 0 saturated carbocycles. The summed E-state index contributed by atoms with van der Waals surface area (Å²) < 4.78 is 0. The van der Waals surface area contributed by atoms with Gasteiger partial charge in [-0.3, -0.25) is 14.5 Å². The minimum atomic E-state index is -0.215. The van der Waals surface area contributed by atoms with Crippen molar-refractivity contribution in [2.45, 2.75) is 19.9 Å². The van der Waals surface area contributed by atoms with E-state index in [0.29, 0.717) is 13.1 Å². The average Bonchev–Trinajstić information content (AvgIpc) is 1.94. The van der Waals surface area contributed by atoms with E-state index in [0.717, 1.165) is 0 Å². The van der Waals surface area contributed by atoms with Crippen LogP contribution in [0, 0.1) is 0 Å². The van der Waals surface area contributed by atoms with E-state index in [2.05, 4.69) is 5.32 Å². The van der Waals surface area contributed by atoms with Gasteiger partial charge in [-0.25, -0.2) is 0 Å². The molecule has 0 aromatic carbocycles. The van der Waals surface area contributed by atoms with Gasteiger partial charge >= 0.3 is 0 Å². The summed E-state index contributed by atoms with van der Waals surface area (Å²) in [6.45, 7) is 4.37. The summed E-state index contributed by atoms with van der Waals surface area (Å²) in [5, 5.41) is 2.97. The predicted octanol–water partition coefficient (Wildman–Crippen LogP) is -0.647. The molecule has 0 aromatic rings. The monoisotopic (exact) mass is 156 g/mol. The molecular weight excluding hydrogens is 144 g/mol. The second-order valence-electron chi connectivity index (χ2n) is 2.68. The first kappa shape index (κ1) is 8.20. The molecule has 1 rings (SSSR count). The molecule has 4 nitrogen and oxygen atoms in total. The molecule has 1 unspecified atom stereocenters. The van der Waals surface area contributed by atoms with Crippen LogP contribution in [-0.4, -0.2) is 35.8 Å². The quantitative estimate of drug-likeness (QED) is 0.507. The summed E-state index contributed by atoms with van der Waals surface area (Å²) in [7, 11) is 0. The zero-order chi connectivity index (χ0) is 8.43. The molecule has 1 heterocycles. The smallest absolute Gasteiger partial charge is 0.246 e. The first-order chi connectivity index (χ1) is 5.13. The fourth-order valence-corrected chi connectivity index (χ4v) is 1.14. The van der Waals surface area contributed by atoms with Crippen molar-refractivity contribution >= 4 is 11.8 Å². The SMILES string of the molecule is CC(=O)N1CCNC(C)C1=O. The van der Waals surface area contributed by atoms with Crippen LogP contribution in [0.1, 0.15) is 13.8 Å². The van der Waals surface area contributed by atoms with Crippen LogP contribution in [0.4, 0.5) is 0 Å². The summed E-state index contributed by atoms with van der Waals surface area (Å²) in [5.41, 5.74) is 0. The molecule has 2 amide bonds. The molecule has 1 aliphatic heterocycles. The van der Waals surface area contributed by atoms with E-state index in [-0.39, 0.29) is 17.9 Å². The zero-order valence-electron chi connectivity index (χ0n) is 6.76. The summed E-state index contributed by atoms with van der Waals surface area (Å²) in [6.07, 6.45) is 0. The molecule has 62 valence electrons. The number of carbonyl (C=O) groups is 2. The van der Waals surface area contributed by atoms with Crippen LogP contribution in [0.25, 0.3) is 0 Å². The molecule has 0 bridgehead atoms. The minimum absolute atomic E-state index is 0.122. The standard InChI is InChI=1S/C7H12N2O2/c1-5-7(11)9(6(2)10)4-3-8-5/h5,8H,3-4H2,1-2H3. The molecule has 1 saturated heterocycles. The van der Waals surface area contributed by atoms with Crippen molar-refractivity contribution < 1.29 is 9.59 Å². The van der Waals surface area contributed by atoms with Crippen LogP contribution in [0.5, 0.6) is 0 Å². The van der Waals surface area contributed by atoms with Crippen molar-refractivity contribution in [3.8, 4) is 0 Å². The normalized spacial score (nSPS) is 25.5. The van der Waals surface area contributed by atoms with E-state index in [9.17, 15) is 9.59 Å². The van der Waals surface area contributed by atoms with Crippen LogP contribution in [0.2, 0.25) is 0 Å². The summed E-state index contributed by atoms with van der Waals surface area (Å²) in [4.78, 5) is 23.3. The van der Waals surface area contributed by atoms with E-state index in [4.69, 9.17) is 0 Å². The number of amides is 2. The third kappa shape index (κ3) is 1.57. The van der Waals surface area contributed by atoms with Gasteiger partial charge < -0.3 is 5.32 Å². The van der Waals surface area contributed by atoms with E-state index in [1.165, 1.54) is 11.8 Å². The second kappa shape index (κ2) is 3.00. The number of rotatable bonds is 0. The number of nitrogens with zero attached hydrogens (tertiary/aromatic N) is 1. The Morgan fingerprint density at radius 2 is 2.36 bits per heavy atom.